The topological polar surface area (TPSA) is 100 Å². The first kappa shape index (κ1) is 19.1. The van der Waals surface area contributed by atoms with E-state index in [1.54, 1.807) is 35.8 Å². The van der Waals surface area contributed by atoms with Crippen LogP contribution in [0.25, 0.3) is 5.69 Å². The van der Waals surface area contributed by atoms with Crippen molar-refractivity contribution in [2.24, 2.45) is 5.73 Å². The van der Waals surface area contributed by atoms with Crippen LogP contribution in [0.1, 0.15) is 18.3 Å². The van der Waals surface area contributed by atoms with Crippen LogP contribution in [-0.2, 0) is 22.9 Å². The Kier molecular flexibility index (Phi) is 5.88. The lowest BCUT2D eigenvalue weighted by atomic mass is 10.2. The zero-order valence-corrected chi connectivity index (χ0v) is 15.9. The van der Waals surface area contributed by atoms with E-state index < -0.39 is 9.84 Å². The molecule has 2 aromatic carbocycles. The summed E-state index contributed by atoms with van der Waals surface area (Å²) in [5, 5.41) is 7.84. The lowest BCUT2D eigenvalue weighted by Crippen LogP contribution is -2.15. The Hall–Kier alpha value is -2.71. The minimum Gasteiger partial charge on any atom is -0.489 e. The van der Waals surface area contributed by atoms with Crippen LogP contribution in [0, 0.1) is 0 Å². The number of rotatable bonds is 8. The van der Waals surface area contributed by atoms with Gasteiger partial charge in [-0.1, -0.05) is 37.3 Å². The fourth-order valence-corrected chi connectivity index (χ4v) is 3.53. The monoisotopic (exact) mass is 386 g/mol. The van der Waals surface area contributed by atoms with Gasteiger partial charge in [-0.2, -0.15) is 0 Å². The van der Waals surface area contributed by atoms with Gasteiger partial charge in [0.05, 0.1) is 5.75 Å². The molecule has 0 aliphatic heterocycles. The minimum absolute atomic E-state index is 0.0496. The van der Waals surface area contributed by atoms with Gasteiger partial charge in [-0.05, 0) is 36.4 Å². The molecule has 0 aliphatic carbocycles. The molecule has 27 heavy (non-hydrogen) atoms. The molecule has 1 aromatic heterocycles. The van der Waals surface area contributed by atoms with Crippen LogP contribution in [-0.4, -0.2) is 35.5 Å². The van der Waals surface area contributed by atoms with Gasteiger partial charge in [-0.15, -0.1) is 10.2 Å². The second-order valence-electron chi connectivity index (χ2n) is 5.94. The predicted octanol–water partition coefficient (Wildman–Crippen LogP) is 2.14. The smallest absolute Gasteiger partial charge is 0.254 e. The molecule has 0 atom stereocenters. The number of aromatic nitrogens is 3. The lowest BCUT2D eigenvalue weighted by Gasteiger charge is -2.11. The van der Waals surface area contributed by atoms with Gasteiger partial charge >= 0.3 is 0 Å². The third-order valence-electron chi connectivity index (χ3n) is 4.07. The third kappa shape index (κ3) is 4.35. The van der Waals surface area contributed by atoms with Crippen molar-refractivity contribution in [2.75, 3.05) is 12.3 Å². The average molecular weight is 386 g/mol. The van der Waals surface area contributed by atoms with Gasteiger partial charge in [0.1, 0.15) is 18.2 Å². The van der Waals surface area contributed by atoms with Crippen molar-refractivity contribution in [3.8, 4) is 11.4 Å². The number of nitrogens with two attached hydrogens (primary N) is 1. The molecule has 0 amide bonds. The van der Waals surface area contributed by atoms with Gasteiger partial charge in [0.15, 0.2) is 0 Å². The maximum Gasteiger partial charge on any atom is 0.254 e. The SMILES string of the molecule is CCS(=O)(=O)c1nnc(CCN)n1-c1ccc(OCc2ccccc2)cc1. The molecular weight excluding hydrogens is 364 g/mol. The summed E-state index contributed by atoms with van der Waals surface area (Å²) in [6, 6.07) is 17.0. The summed E-state index contributed by atoms with van der Waals surface area (Å²) in [7, 11) is -3.51. The van der Waals surface area contributed by atoms with Crippen LogP contribution >= 0.6 is 0 Å². The predicted molar refractivity (Wildman–Crippen MR) is 103 cm³/mol. The summed E-state index contributed by atoms with van der Waals surface area (Å²) >= 11 is 0. The Morgan fingerprint density at radius 3 is 2.37 bits per heavy atom. The third-order valence-corrected chi connectivity index (χ3v) is 5.65. The number of sulfone groups is 1. The number of ether oxygens (including phenoxy) is 1. The average Bonchev–Trinajstić information content (AvgIpc) is 3.12. The van der Waals surface area contributed by atoms with Crippen LogP contribution in [0.15, 0.2) is 59.8 Å². The summed E-state index contributed by atoms with van der Waals surface area (Å²) in [6.45, 7) is 2.39. The highest BCUT2D eigenvalue weighted by atomic mass is 32.2. The Balaban J connectivity index is 1.87. The molecule has 3 aromatic rings. The van der Waals surface area contributed by atoms with Gasteiger partial charge in [0.2, 0.25) is 9.84 Å². The van der Waals surface area contributed by atoms with Crippen molar-refractivity contribution in [3.63, 3.8) is 0 Å². The molecule has 0 unspecified atom stereocenters. The Morgan fingerprint density at radius 2 is 1.74 bits per heavy atom. The maximum atomic E-state index is 12.4. The highest BCUT2D eigenvalue weighted by Gasteiger charge is 2.23. The highest BCUT2D eigenvalue weighted by molar-refractivity contribution is 7.91. The zero-order chi connectivity index (χ0) is 19.3. The molecule has 8 heteroatoms. The first-order valence-electron chi connectivity index (χ1n) is 8.69. The molecule has 0 saturated carbocycles. The fourth-order valence-electron chi connectivity index (χ4n) is 2.61. The van der Waals surface area contributed by atoms with Crippen molar-refractivity contribution in [2.45, 2.75) is 25.1 Å². The van der Waals surface area contributed by atoms with Crippen molar-refractivity contribution < 1.29 is 13.2 Å². The summed E-state index contributed by atoms with van der Waals surface area (Å²) in [5.74, 6) is 1.16. The molecule has 0 fully saturated rings. The molecule has 2 N–H and O–H groups in total. The maximum absolute atomic E-state index is 12.4. The second kappa shape index (κ2) is 8.32. The molecule has 142 valence electrons. The summed E-state index contributed by atoms with van der Waals surface area (Å²) in [5.41, 5.74) is 7.35. The lowest BCUT2D eigenvalue weighted by molar-refractivity contribution is 0.306. The molecule has 1 heterocycles. The Labute approximate surface area is 158 Å². The Morgan fingerprint density at radius 1 is 1.04 bits per heavy atom. The fraction of sp³-hybridized carbons (Fsp3) is 0.263. The number of hydrogen-bond acceptors (Lipinski definition) is 6. The van der Waals surface area contributed by atoms with E-state index in [0.29, 0.717) is 36.8 Å². The molecule has 0 aliphatic rings. The van der Waals surface area contributed by atoms with Crippen LogP contribution in [0.3, 0.4) is 0 Å². The number of nitrogens with zero attached hydrogens (tertiary/aromatic N) is 3. The van der Waals surface area contributed by atoms with Crippen LogP contribution < -0.4 is 10.5 Å². The normalized spacial score (nSPS) is 11.5. The van der Waals surface area contributed by atoms with E-state index in [9.17, 15) is 8.42 Å². The van der Waals surface area contributed by atoms with E-state index in [1.165, 1.54) is 0 Å². The first-order chi connectivity index (χ1) is 13.0. The van der Waals surface area contributed by atoms with Crippen molar-refractivity contribution >= 4 is 9.84 Å². The molecule has 0 bridgehead atoms. The first-order valence-corrected chi connectivity index (χ1v) is 10.3. The zero-order valence-electron chi connectivity index (χ0n) is 15.1. The van der Waals surface area contributed by atoms with Gasteiger partial charge in [0.25, 0.3) is 5.16 Å². The molecular formula is C19H22N4O3S. The molecule has 0 spiro atoms. The van der Waals surface area contributed by atoms with E-state index in [-0.39, 0.29) is 10.9 Å². The highest BCUT2D eigenvalue weighted by Crippen LogP contribution is 2.22. The number of hydrogen-bond donors (Lipinski definition) is 1. The van der Waals surface area contributed by atoms with Crippen LogP contribution in [0.5, 0.6) is 5.75 Å². The Bertz CT molecular complexity index is 984. The quantitative estimate of drug-likeness (QED) is 0.637. The van der Waals surface area contributed by atoms with Crippen LogP contribution in [0.4, 0.5) is 0 Å². The standard InChI is InChI=1S/C19H22N4O3S/c1-2-27(24,25)19-22-21-18(12-13-20)23(19)16-8-10-17(11-9-16)26-14-15-6-4-3-5-7-15/h3-11H,2,12-14,20H2,1H3. The molecule has 0 radical (unpaired) electrons. The van der Waals surface area contributed by atoms with E-state index in [2.05, 4.69) is 10.2 Å². The minimum atomic E-state index is -3.51. The van der Waals surface area contributed by atoms with Gasteiger partial charge < -0.3 is 10.5 Å². The summed E-state index contributed by atoms with van der Waals surface area (Å²) in [4.78, 5) is 0. The van der Waals surface area contributed by atoms with Gasteiger partial charge in [-0.3, -0.25) is 4.57 Å². The largest absolute Gasteiger partial charge is 0.489 e. The van der Waals surface area contributed by atoms with E-state index in [4.69, 9.17) is 10.5 Å². The van der Waals surface area contributed by atoms with Gasteiger partial charge in [0, 0.05) is 12.1 Å². The number of benzene rings is 2. The molecule has 0 saturated heterocycles. The van der Waals surface area contributed by atoms with E-state index in [1.807, 2.05) is 30.3 Å². The van der Waals surface area contributed by atoms with E-state index >= 15 is 0 Å². The van der Waals surface area contributed by atoms with Crippen molar-refractivity contribution in [1.29, 1.82) is 0 Å². The van der Waals surface area contributed by atoms with E-state index in [0.717, 1.165) is 5.56 Å². The summed E-state index contributed by atoms with van der Waals surface area (Å²) in [6.07, 6.45) is 0.429. The molecule has 7 nitrogen and oxygen atoms in total. The second-order valence-corrected chi connectivity index (χ2v) is 8.12. The van der Waals surface area contributed by atoms with Crippen molar-refractivity contribution in [1.82, 2.24) is 14.8 Å². The van der Waals surface area contributed by atoms with Gasteiger partial charge in [-0.25, -0.2) is 8.42 Å². The van der Waals surface area contributed by atoms with Crippen molar-refractivity contribution in [3.05, 3.63) is 66.0 Å². The summed E-state index contributed by atoms with van der Waals surface area (Å²) < 4.78 is 32.0. The molecule has 3 rings (SSSR count). The van der Waals surface area contributed by atoms with Crippen LogP contribution in [0.2, 0.25) is 0 Å².